The summed E-state index contributed by atoms with van der Waals surface area (Å²) in [6.45, 7) is 1.51. The third-order valence-electron chi connectivity index (χ3n) is 5.73. The first-order valence-electron chi connectivity index (χ1n) is 9.88. The summed E-state index contributed by atoms with van der Waals surface area (Å²) in [5.41, 5.74) is 2.85. The van der Waals surface area contributed by atoms with Crippen molar-refractivity contribution in [2.75, 3.05) is 13.1 Å². The first-order chi connectivity index (χ1) is 13.8. The highest BCUT2D eigenvalue weighted by molar-refractivity contribution is 5.90. The lowest BCUT2D eigenvalue weighted by atomic mass is 9.96. The van der Waals surface area contributed by atoms with Crippen molar-refractivity contribution >= 4 is 27.8 Å². The van der Waals surface area contributed by atoms with Crippen LogP contribution in [0.3, 0.4) is 0 Å². The molecule has 4 nitrogen and oxygen atoms in total. The molecule has 0 N–H and O–H groups in total. The Balaban J connectivity index is 1.26. The topological polar surface area (TPSA) is 46.3 Å². The van der Waals surface area contributed by atoms with Crippen molar-refractivity contribution in [1.82, 2.24) is 9.88 Å². The molecule has 0 unspecified atom stereocenters. The Morgan fingerprint density at radius 3 is 2.57 bits per heavy atom. The van der Waals surface area contributed by atoms with E-state index in [-0.39, 0.29) is 11.8 Å². The molecular weight excluding hydrogens is 348 g/mol. The number of hydrogen-bond donors (Lipinski definition) is 0. The van der Waals surface area contributed by atoms with Crippen molar-refractivity contribution in [3.05, 3.63) is 78.2 Å². The number of aromatic nitrogens is 1. The molecule has 0 atom stereocenters. The molecule has 3 aromatic carbocycles. The molecule has 140 valence electrons. The van der Waals surface area contributed by atoms with E-state index in [9.17, 15) is 4.79 Å². The van der Waals surface area contributed by atoms with Crippen LogP contribution in [0.25, 0.3) is 21.9 Å². The van der Waals surface area contributed by atoms with Crippen molar-refractivity contribution in [3.8, 4) is 0 Å². The Morgan fingerprint density at radius 1 is 0.964 bits per heavy atom. The number of carbonyl (C=O) groups is 1. The number of nitrogens with zero attached hydrogens (tertiary/aromatic N) is 2. The Hall–Kier alpha value is -3.14. The van der Waals surface area contributed by atoms with E-state index >= 15 is 0 Å². The second-order valence-electron chi connectivity index (χ2n) is 7.49. The minimum atomic E-state index is 0.201. The maximum absolute atomic E-state index is 12.9. The third kappa shape index (κ3) is 3.15. The van der Waals surface area contributed by atoms with Crippen molar-refractivity contribution < 1.29 is 9.21 Å². The molecule has 2 heterocycles. The molecule has 4 heteroatoms. The van der Waals surface area contributed by atoms with Crippen molar-refractivity contribution in [3.63, 3.8) is 0 Å². The van der Waals surface area contributed by atoms with Gasteiger partial charge < -0.3 is 9.32 Å². The number of likely N-dealkylation sites (tertiary alicyclic amines) is 1. The second kappa shape index (κ2) is 7.12. The van der Waals surface area contributed by atoms with E-state index in [1.807, 2.05) is 47.4 Å². The van der Waals surface area contributed by atoms with E-state index < -0.39 is 0 Å². The van der Waals surface area contributed by atoms with E-state index in [1.54, 1.807) is 0 Å². The maximum atomic E-state index is 12.9. The Bertz CT molecular complexity index is 1100. The molecule has 1 fully saturated rings. The number of benzene rings is 3. The van der Waals surface area contributed by atoms with Crippen LogP contribution in [-0.4, -0.2) is 28.9 Å². The summed E-state index contributed by atoms with van der Waals surface area (Å²) in [6.07, 6.45) is 2.25. The summed E-state index contributed by atoms with van der Waals surface area (Å²) in [5, 5.41) is 2.35. The maximum Gasteiger partial charge on any atom is 0.227 e. The number of hydrogen-bond acceptors (Lipinski definition) is 3. The predicted octanol–water partition coefficient (Wildman–Crippen LogP) is 4.93. The van der Waals surface area contributed by atoms with Gasteiger partial charge in [-0.1, -0.05) is 54.6 Å². The fourth-order valence-corrected chi connectivity index (χ4v) is 4.16. The minimum absolute atomic E-state index is 0.201. The minimum Gasteiger partial charge on any atom is -0.440 e. The van der Waals surface area contributed by atoms with Crippen LogP contribution < -0.4 is 0 Å². The van der Waals surface area contributed by atoms with Crippen molar-refractivity contribution in [2.24, 2.45) is 0 Å². The van der Waals surface area contributed by atoms with E-state index in [4.69, 9.17) is 4.42 Å². The predicted molar refractivity (Wildman–Crippen MR) is 110 cm³/mol. The smallest absolute Gasteiger partial charge is 0.227 e. The number of piperidine rings is 1. The summed E-state index contributed by atoms with van der Waals surface area (Å²) in [4.78, 5) is 19.5. The molecule has 1 saturated heterocycles. The van der Waals surface area contributed by atoms with E-state index in [1.165, 1.54) is 10.8 Å². The molecule has 5 rings (SSSR count). The van der Waals surface area contributed by atoms with Crippen molar-refractivity contribution in [1.29, 1.82) is 0 Å². The average molecular weight is 370 g/mol. The molecule has 0 bridgehead atoms. The fourth-order valence-electron chi connectivity index (χ4n) is 4.16. The average Bonchev–Trinajstić information content (AvgIpc) is 3.18. The summed E-state index contributed by atoms with van der Waals surface area (Å²) >= 11 is 0. The SMILES string of the molecule is O=C(Cc1cccc2ccccc12)N1CCC(c2nc3ccccc3o2)CC1. The van der Waals surface area contributed by atoms with E-state index in [2.05, 4.69) is 29.2 Å². The van der Waals surface area contributed by atoms with Gasteiger partial charge in [0.25, 0.3) is 0 Å². The lowest BCUT2D eigenvalue weighted by Crippen LogP contribution is -2.38. The zero-order valence-corrected chi connectivity index (χ0v) is 15.7. The molecule has 1 aliphatic rings. The van der Waals surface area contributed by atoms with Gasteiger partial charge in [-0.05, 0) is 41.3 Å². The molecule has 1 amide bonds. The molecule has 0 radical (unpaired) electrons. The first kappa shape index (κ1) is 17.0. The van der Waals surface area contributed by atoms with Gasteiger partial charge in [0.1, 0.15) is 5.52 Å². The molecule has 0 aliphatic carbocycles. The van der Waals surface area contributed by atoms with Gasteiger partial charge in [0, 0.05) is 19.0 Å². The van der Waals surface area contributed by atoms with Gasteiger partial charge in [-0.3, -0.25) is 4.79 Å². The van der Waals surface area contributed by atoms with Crippen LogP contribution in [0.5, 0.6) is 0 Å². The number of carbonyl (C=O) groups excluding carboxylic acids is 1. The van der Waals surface area contributed by atoms with Crippen LogP contribution in [-0.2, 0) is 11.2 Å². The lowest BCUT2D eigenvalue weighted by Gasteiger charge is -2.30. The van der Waals surface area contributed by atoms with Crippen LogP contribution in [0.1, 0.15) is 30.2 Å². The Kier molecular flexibility index (Phi) is 4.32. The first-order valence-corrected chi connectivity index (χ1v) is 9.88. The molecule has 1 aliphatic heterocycles. The Morgan fingerprint density at radius 2 is 1.71 bits per heavy atom. The van der Waals surface area contributed by atoms with Crippen LogP contribution in [0.2, 0.25) is 0 Å². The van der Waals surface area contributed by atoms with Crippen LogP contribution in [0, 0.1) is 0 Å². The number of rotatable bonds is 3. The van der Waals surface area contributed by atoms with Gasteiger partial charge in [-0.25, -0.2) is 4.98 Å². The summed E-state index contributed by atoms with van der Waals surface area (Å²) in [6, 6.07) is 22.3. The standard InChI is InChI=1S/C24H22N2O2/c27-23(16-19-8-5-7-17-6-1-2-9-20(17)19)26-14-12-18(13-15-26)24-25-21-10-3-4-11-22(21)28-24/h1-11,18H,12-16H2. The zero-order valence-electron chi connectivity index (χ0n) is 15.7. The highest BCUT2D eigenvalue weighted by Crippen LogP contribution is 2.30. The number of fused-ring (bicyclic) bond motifs is 2. The summed E-state index contributed by atoms with van der Waals surface area (Å²) < 4.78 is 5.93. The molecule has 0 saturated carbocycles. The van der Waals surface area contributed by atoms with Gasteiger partial charge in [0.15, 0.2) is 11.5 Å². The zero-order chi connectivity index (χ0) is 18.9. The summed E-state index contributed by atoms with van der Waals surface area (Å²) in [5.74, 6) is 1.30. The van der Waals surface area contributed by atoms with Gasteiger partial charge in [0.05, 0.1) is 6.42 Å². The lowest BCUT2D eigenvalue weighted by molar-refractivity contribution is -0.131. The molecular formula is C24H22N2O2. The Labute approximate surface area is 163 Å². The molecule has 4 aromatic rings. The van der Waals surface area contributed by atoms with Gasteiger partial charge in [-0.2, -0.15) is 0 Å². The van der Waals surface area contributed by atoms with Gasteiger partial charge >= 0.3 is 0 Å². The quantitative estimate of drug-likeness (QED) is 0.514. The van der Waals surface area contributed by atoms with E-state index in [0.717, 1.165) is 48.5 Å². The largest absolute Gasteiger partial charge is 0.440 e. The molecule has 28 heavy (non-hydrogen) atoms. The van der Waals surface area contributed by atoms with Crippen LogP contribution in [0.15, 0.2) is 71.1 Å². The van der Waals surface area contributed by atoms with Gasteiger partial charge in [0.2, 0.25) is 5.91 Å². The van der Waals surface area contributed by atoms with Crippen LogP contribution in [0.4, 0.5) is 0 Å². The highest BCUT2D eigenvalue weighted by Gasteiger charge is 2.27. The van der Waals surface area contributed by atoms with Crippen LogP contribution >= 0.6 is 0 Å². The second-order valence-corrected chi connectivity index (χ2v) is 7.49. The monoisotopic (exact) mass is 370 g/mol. The number of para-hydroxylation sites is 2. The number of amides is 1. The molecule has 0 spiro atoms. The number of oxazole rings is 1. The summed E-state index contributed by atoms with van der Waals surface area (Å²) in [7, 11) is 0. The highest BCUT2D eigenvalue weighted by atomic mass is 16.3. The third-order valence-corrected chi connectivity index (χ3v) is 5.73. The van der Waals surface area contributed by atoms with Crippen molar-refractivity contribution in [2.45, 2.75) is 25.2 Å². The molecule has 1 aromatic heterocycles. The normalized spacial score (nSPS) is 15.4. The fraction of sp³-hybridized carbons (Fsp3) is 0.250. The van der Waals surface area contributed by atoms with E-state index in [0.29, 0.717) is 6.42 Å². The van der Waals surface area contributed by atoms with Gasteiger partial charge in [-0.15, -0.1) is 0 Å².